The van der Waals surface area contributed by atoms with Gasteiger partial charge in [-0.1, -0.05) is 0 Å². The lowest BCUT2D eigenvalue weighted by atomic mass is 9.91. The second-order valence-electron chi connectivity index (χ2n) is 9.29. The van der Waals surface area contributed by atoms with E-state index in [4.69, 9.17) is 10.7 Å². The first kappa shape index (κ1) is 20.7. The topological polar surface area (TPSA) is 109 Å². The van der Waals surface area contributed by atoms with Crippen LogP contribution in [0.2, 0.25) is 0 Å². The quantitative estimate of drug-likeness (QED) is 0.542. The molecule has 3 aliphatic rings. The summed E-state index contributed by atoms with van der Waals surface area (Å²) in [5.74, 6) is 0.568. The Morgan fingerprint density at radius 3 is 3.09 bits per heavy atom. The van der Waals surface area contributed by atoms with Gasteiger partial charge in [-0.25, -0.2) is 19.3 Å². The largest absolute Gasteiger partial charge is 0.396 e. The molecule has 10 heteroatoms. The zero-order valence-electron chi connectivity index (χ0n) is 18.4. The highest BCUT2D eigenvalue weighted by Crippen LogP contribution is 2.35. The van der Waals surface area contributed by atoms with Crippen LogP contribution in [0.4, 0.5) is 15.9 Å². The molecule has 8 nitrogen and oxygen atoms in total. The number of aryl methyl sites for hydroxylation is 2. The molecule has 1 aliphatic carbocycles. The number of aromatic nitrogens is 3. The Morgan fingerprint density at radius 1 is 1.33 bits per heavy atom. The molecule has 4 N–H and O–H groups in total. The summed E-state index contributed by atoms with van der Waals surface area (Å²) >= 11 is 1.25. The van der Waals surface area contributed by atoms with Crippen LogP contribution in [-0.4, -0.2) is 52.6 Å². The zero-order valence-corrected chi connectivity index (χ0v) is 19.2. The maximum Gasteiger partial charge on any atom is 0.263 e. The maximum atomic E-state index is 15.1. The standard InChI is InChI=1S/C23H26FN7OS/c1-11-8-27-19-18(25)20(33-23(19)28-11)22(32)29-14-2-3-16-13(6-14)7-15(24)21(30-16)31-5-4-12-9-26-10-17(12)31/h7-8,12,14,17,26H,2-6,9-10,25H2,1H3,(H,29,32). The van der Waals surface area contributed by atoms with E-state index in [-0.39, 0.29) is 17.8 Å². The molecule has 5 heterocycles. The van der Waals surface area contributed by atoms with Crippen LogP contribution in [0.3, 0.4) is 0 Å². The van der Waals surface area contributed by atoms with E-state index in [1.165, 1.54) is 11.3 Å². The van der Waals surface area contributed by atoms with Crippen LogP contribution in [-0.2, 0) is 12.8 Å². The Kier molecular flexibility index (Phi) is 4.95. The van der Waals surface area contributed by atoms with Gasteiger partial charge in [0, 0.05) is 43.6 Å². The molecule has 172 valence electrons. The number of hydrogen-bond acceptors (Lipinski definition) is 8. The Labute approximate surface area is 194 Å². The van der Waals surface area contributed by atoms with Gasteiger partial charge in [0.05, 0.1) is 11.4 Å². The number of rotatable bonds is 3. The smallest absolute Gasteiger partial charge is 0.263 e. The van der Waals surface area contributed by atoms with Crippen molar-refractivity contribution < 1.29 is 9.18 Å². The zero-order chi connectivity index (χ0) is 22.7. The number of fused-ring (bicyclic) bond motifs is 3. The predicted octanol–water partition coefficient (Wildman–Crippen LogP) is 2.20. The van der Waals surface area contributed by atoms with Crippen LogP contribution in [0.25, 0.3) is 10.3 Å². The fourth-order valence-electron chi connectivity index (χ4n) is 5.45. The summed E-state index contributed by atoms with van der Waals surface area (Å²) in [4.78, 5) is 29.7. The van der Waals surface area contributed by atoms with Crippen LogP contribution in [0, 0.1) is 18.7 Å². The van der Waals surface area contributed by atoms with Crippen LogP contribution in [0.5, 0.6) is 0 Å². The molecule has 0 saturated carbocycles. The Hall–Kier alpha value is -2.85. The van der Waals surface area contributed by atoms with Crippen molar-refractivity contribution in [3.05, 3.63) is 39.9 Å². The summed E-state index contributed by atoms with van der Waals surface area (Å²) in [5.41, 5.74) is 9.70. The first-order valence-electron chi connectivity index (χ1n) is 11.5. The molecule has 0 spiro atoms. The molecule has 3 aromatic rings. The van der Waals surface area contributed by atoms with E-state index >= 15 is 4.39 Å². The second kappa shape index (κ2) is 7.88. The van der Waals surface area contributed by atoms with E-state index in [1.807, 2.05) is 6.92 Å². The van der Waals surface area contributed by atoms with Gasteiger partial charge in [-0.15, -0.1) is 11.3 Å². The van der Waals surface area contributed by atoms with Crippen molar-refractivity contribution in [2.45, 2.75) is 44.7 Å². The lowest BCUT2D eigenvalue weighted by Gasteiger charge is -2.29. The highest BCUT2D eigenvalue weighted by atomic mass is 32.1. The van der Waals surface area contributed by atoms with Crippen molar-refractivity contribution >= 4 is 39.1 Å². The summed E-state index contributed by atoms with van der Waals surface area (Å²) in [6.45, 7) is 4.61. The van der Waals surface area contributed by atoms with E-state index in [2.05, 4.69) is 25.5 Å². The van der Waals surface area contributed by atoms with Crippen molar-refractivity contribution in [2.75, 3.05) is 30.3 Å². The number of carbonyl (C=O) groups is 1. The number of nitrogens with zero attached hydrogens (tertiary/aromatic N) is 4. The number of nitrogens with one attached hydrogen (secondary N) is 2. The van der Waals surface area contributed by atoms with Crippen LogP contribution in [0.1, 0.15) is 39.5 Å². The van der Waals surface area contributed by atoms with Crippen molar-refractivity contribution in [1.82, 2.24) is 25.6 Å². The molecule has 0 aromatic carbocycles. The summed E-state index contributed by atoms with van der Waals surface area (Å²) in [6, 6.07) is 1.86. The highest BCUT2D eigenvalue weighted by Gasteiger charge is 2.39. The number of pyridine rings is 1. The SMILES string of the molecule is Cc1cnc2c(N)c(C(=O)NC3CCc4nc(N5CCC6CNCC65)c(F)cc4C3)sc2n1. The minimum atomic E-state index is -0.269. The summed E-state index contributed by atoms with van der Waals surface area (Å²) in [6.07, 6.45) is 4.74. The van der Waals surface area contributed by atoms with E-state index in [0.29, 0.717) is 51.5 Å². The molecule has 2 fully saturated rings. The monoisotopic (exact) mass is 467 g/mol. The molecule has 0 radical (unpaired) electrons. The van der Waals surface area contributed by atoms with Gasteiger partial charge in [-0.05, 0) is 50.2 Å². The van der Waals surface area contributed by atoms with Crippen molar-refractivity contribution in [2.24, 2.45) is 5.92 Å². The number of anilines is 2. The lowest BCUT2D eigenvalue weighted by molar-refractivity contribution is 0.0938. The Bertz CT molecular complexity index is 1260. The Morgan fingerprint density at radius 2 is 2.21 bits per heavy atom. The summed E-state index contributed by atoms with van der Waals surface area (Å²) < 4.78 is 15.1. The van der Waals surface area contributed by atoms with Gasteiger partial charge in [0.1, 0.15) is 15.2 Å². The number of thiophene rings is 1. The van der Waals surface area contributed by atoms with Crippen LogP contribution in [0.15, 0.2) is 12.3 Å². The van der Waals surface area contributed by atoms with Crippen molar-refractivity contribution in [3.8, 4) is 0 Å². The average molecular weight is 468 g/mol. The fourth-order valence-corrected chi connectivity index (χ4v) is 6.45. The molecule has 3 unspecified atom stereocenters. The van der Waals surface area contributed by atoms with Gasteiger partial charge in [0.2, 0.25) is 0 Å². The minimum Gasteiger partial charge on any atom is -0.396 e. The van der Waals surface area contributed by atoms with Crippen LogP contribution >= 0.6 is 11.3 Å². The van der Waals surface area contributed by atoms with Gasteiger partial charge in [0.15, 0.2) is 11.6 Å². The first-order chi connectivity index (χ1) is 16.0. The molecule has 6 rings (SSSR count). The second-order valence-corrected chi connectivity index (χ2v) is 10.3. The normalized spacial score (nSPS) is 24.2. The molecule has 3 atom stereocenters. The van der Waals surface area contributed by atoms with Crippen molar-refractivity contribution in [3.63, 3.8) is 0 Å². The Balaban J connectivity index is 1.19. The summed E-state index contributed by atoms with van der Waals surface area (Å²) in [5, 5.41) is 6.49. The minimum absolute atomic E-state index is 0.0977. The lowest BCUT2D eigenvalue weighted by Crippen LogP contribution is -2.39. The van der Waals surface area contributed by atoms with Gasteiger partial charge < -0.3 is 21.3 Å². The summed E-state index contributed by atoms with van der Waals surface area (Å²) in [7, 11) is 0. The van der Waals surface area contributed by atoms with Crippen LogP contribution < -0.4 is 21.3 Å². The number of carbonyl (C=O) groups excluding carboxylic acids is 1. The van der Waals surface area contributed by atoms with E-state index in [1.54, 1.807) is 12.3 Å². The van der Waals surface area contributed by atoms with E-state index in [9.17, 15) is 4.79 Å². The molecular weight excluding hydrogens is 441 g/mol. The van der Waals surface area contributed by atoms with E-state index < -0.39 is 0 Å². The number of hydrogen-bond donors (Lipinski definition) is 3. The molecule has 0 bridgehead atoms. The molecule has 3 aromatic heterocycles. The van der Waals surface area contributed by atoms with Gasteiger partial charge in [-0.2, -0.15) is 0 Å². The van der Waals surface area contributed by atoms with Gasteiger partial charge in [-0.3, -0.25) is 4.79 Å². The maximum absolute atomic E-state index is 15.1. The highest BCUT2D eigenvalue weighted by molar-refractivity contribution is 7.21. The number of nitrogen functional groups attached to an aromatic ring is 1. The van der Waals surface area contributed by atoms with Crippen molar-refractivity contribution in [1.29, 1.82) is 0 Å². The number of halogens is 1. The molecule has 1 amide bonds. The molecule has 2 aliphatic heterocycles. The van der Waals surface area contributed by atoms with Gasteiger partial charge in [0.25, 0.3) is 5.91 Å². The third-order valence-electron chi connectivity index (χ3n) is 7.14. The number of nitrogens with two attached hydrogens (primary N) is 1. The molecule has 33 heavy (non-hydrogen) atoms. The third-order valence-corrected chi connectivity index (χ3v) is 8.23. The first-order valence-corrected chi connectivity index (χ1v) is 12.3. The molecular formula is C23H26FN7OS. The third kappa shape index (κ3) is 3.52. The van der Waals surface area contributed by atoms with E-state index in [0.717, 1.165) is 49.4 Å². The fraction of sp³-hybridized carbons (Fsp3) is 0.478. The predicted molar refractivity (Wildman–Crippen MR) is 126 cm³/mol. The number of amides is 1. The van der Waals surface area contributed by atoms with Gasteiger partial charge >= 0.3 is 0 Å². The molecule has 2 saturated heterocycles. The average Bonchev–Trinajstić information content (AvgIpc) is 3.48.